The normalized spacial score (nSPS) is 18.2. The van der Waals surface area contributed by atoms with E-state index in [1.165, 1.54) is 11.0 Å². The first-order valence-electron chi connectivity index (χ1n) is 10.9. The van der Waals surface area contributed by atoms with Gasteiger partial charge in [0, 0.05) is 43.3 Å². The average molecular weight is 422 g/mol. The lowest BCUT2D eigenvalue weighted by atomic mass is 10.1. The molecule has 0 atom stereocenters. The SMILES string of the molecule is N=c1cc(N2CCOc3cc(C(=O)N4CCCCC4)cnc32)ccn1C(=O)NC1CC1. The topological polar surface area (TPSA) is 104 Å². The summed E-state index contributed by atoms with van der Waals surface area (Å²) in [6, 6.07) is 5.17. The molecule has 2 amide bonds. The summed E-state index contributed by atoms with van der Waals surface area (Å²) < 4.78 is 7.11. The summed E-state index contributed by atoms with van der Waals surface area (Å²) >= 11 is 0. The van der Waals surface area contributed by atoms with Gasteiger partial charge in [-0.1, -0.05) is 0 Å². The van der Waals surface area contributed by atoms with E-state index in [9.17, 15) is 9.59 Å². The van der Waals surface area contributed by atoms with Crippen molar-refractivity contribution >= 4 is 23.4 Å². The van der Waals surface area contributed by atoms with Crippen LogP contribution in [0.25, 0.3) is 0 Å². The summed E-state index contributed by atoms with van der Waals surface area (Å²) in [5, 5.41) is 11.2. The van der Waals surface area contributed by atoms with Gasteiger partial charge >= 0.3 is 6.03 Å². The van der Waals surface area contributed by atoms with Crippen LogP contribution >= 0.6 is 0 Å². The first kappa shape index (κ1) is 19.6. The fourth-order valence-corrected chi connectivity index (χ4v) is 4.05. The highest BCUT2D eigenvalue weighted by Gasteiger charge is 2.26. The van der Waals surface area contributed by atoms with Gasteiger partial charge in [0.05, 0.1) is 12.1 Å². The number of fused-ring (bicyclic) bond motifs is 1. The summed E-state index contributed by atoms with van der Waals surface area (Å²) in [6.07, 6.45) is 8.45. The maximum absolute atomic E-state index is 12.8. The molecule has 5 rings (SSSR count). The standard InChI is InChI=1S/C22H26N6O3/c23-19-13-17(6-9-28(19)22(30)25-16-4-5-16)27-10-11-31-18-12-15(14-24-20(18)27)21(29)26-7-2-1-3-8-26/h6,9,12-14,16,23H,1-5,7-8,10-11H2,(H,25,30). The summed E-state index contributed by atoms with van der Waals surface area (Å²) in [5.74, 6) is 1.16. The van der Waals surface area contributed by atoms with Crippen molar-refractivity contribution in [1.82, 2.24) is 19.8 Å². The van der Waals surface area contributed by atoms with Crippen molar-refractivity contribution in [2.45, 2.75) is 38.1 Å². The Morgan fingerprint density at radius 3 is 2.68 bits per heavy atom. The number of ether oxygens (including phenoxy) is 1. The second kappa shape index (κ2) is 8.05. The molecule has 3 aliphatic rings. The minimum absolute atomic E-state index is 0.00778. The second-order valence-electron chi connectivity index (χ2n) is 8.26. The fourth-order valence-electron chi connectivity index (χ4n) is 4.05. The van der Waals surface area contributed by atoms with Crippen LogP contribution in [-0.2, 0) is 0 Å². The predicted molar refractivity (Wildman–Crippen MR) is 114 cm³/mol. The van der Waals surface area contributed by atoms with Crippen LogP contribution in [0.5, 0.6) is 5.75 Å². The van der Waals surface area contributed by atoms with E-state index in [1.807, 2.05) is 9.80 Å². The average Bonchev–Trinajstić information content (AvgIpc) is 3.62. The van der Waals surface area contributed by atoms with Crippen molar-refractivity contribution in [3.8, 4) is 5.75 Å². The molecule has 9 heteroatoms. The van der Waals surface area contributed by atoms with Gasteiger partial charge in [-0.3, -0.25) is 14.8 Å². The van der Waals surface area contributed by atoms with E-state index >= 15 is 0 Å². The quantitative estimate of drug-likeness (QED) is 0.790. The van der Waals surface area contributed by atoms with Crippen LogP contribution in [0.2, 0.25) is 0 Å². The molecule has 2 aromatic heterocycles. The third-order valence-corrected chi connectivity index (χ3v) is 5.93. The van der Waals surface area contributed by atoms with Crippen molar-refractivity contribution in [2.75, 3.05) is 31.1 Å². The Morgan fingerprint density at radius 1 is 1.13 bits per heavy atom. The van der Waals surface area contributed by atoms with Crippen molar-refractivity contribution < 1.29 is 14.3 Å². The molecule has 4 heterocycles. The molecule has 0 unspecified atom stereocenters. The smallest absolute Gasteiger partial charge is 0.327 e. The molecule has 0 spiro atoms. The molecule has 2 aliphatic heterocycles. The van der Waals surface area contributed by atoms with Crippen LogP contribution in [0.1, 0.15) is 42.5 Å². The van der Waals surface area contributed by atoms with Gasteiger partial charge < -0.3 is 19.9 Å². The Labute approximate surface area is 180 Å². The largest absolute Gasteiger partial charge is 0.488 e. The van der Waals surface area contributed by atoms with Crippen molar-refractivity contribution in [3.63, 3.8) is 0 Å². The van der Waals surface area contributed by atoms with Crippen LogP contribution in [-0.4, -0.2) is 58.7 Å². The molecule has 31 heavy (non-hydrogen) atoms. The van der Waals surface area contributed by atoms with E-state index in [-0.39, 0.29) is 23.5 Å². The molecule has 162 valence electrons. The Balaban J connectivity index is 1.38. The van der Waals surface area contributed by atoms with Gasteiger partial charge in [0.2, 0.25) is 0 Å². The minimum Gasteiger partial charge on any atom is -0.488 e. The predicted octanol–water partition coefficient (Wildman–Crippen LogP) is 2.24. The maximum Gasteiger partial charge on any atom is 0.327 e. The molecule has 2 fully saturated rings. The number of aromatic nitrogens is 2. The lowest BCUT2D eigenvalue weighted by Crippen LogP contribution is -2.38. The number of pyridine rings is 2. The van der Waals surface area contributed by atoms with Gasteiger partial charge in [-0.05, 0) is 44.2 Å². The summed E-state index contributed by atoms with van der Waals surface area (Å²) in [4.78, 5) is 33.5. The monoisotopic (exact) mass is 422 g/mol. The van der Waals surface area contributed by atoms with Crippen LogP contribution in [0.3, 0.4) is 0 Å². The number of carbonyl (C=O) groups is 2. The van der Waals surface area contributed by atoms with E-state index in [4.69, 9.17) is 10.1 Å². The van der Waals surface area contributed by atoms with Crippen LogP contribution in [0.15, 0.2) is 30.6 Å². The number of carbonyl (C=O) groups excluding carboxylic acids is 2. The molecule has 2 N–H and O–H groups in total. The molecule has 0 aromatic carbocycles. The molecule has 0 radical (unpaired) electrons. The van der Waals surface area contributed by atoms with Gasteiger partial charge in [0.25, 0.3) is 5.91 Å². The van der Waals surface area contributed by atoms with E-state index in [2.05, 4.69) is 10.3 Å². The lowest BCUT2D eigenvalue weighted by Gasteiger charge is -2.31. The van der Waals surface area contributed by atoms with Crippen molar-refractivity contribution in [2.24, 2.45) is 0 Å². The Bertz CT molecular complexity index is 1070. The second-order valence-corrected chi connectivity index (χ2v) is 8.26. The summed E-state index contributed by atoms with van der Waals surface area (Å²) in [6.45, 7) is 2.58. The first-order chi connectivity index (χ1) is 15.1. The van der Waals surface area contributed by atoms with Gasteiger partial charge in [0.15, 0.2) is 11.6 Å². The number of nitrogens with one attached hydrogen (secondary N) is 2. The number of piperidine rings is 1. The Kier molecular flexibility index (Phi) is 5.09. The number of nitrogens with zero attached hydrogens (tertiary/aromatic N) is 4. The van der Waals surface area contributed by atoms with Crippen molar-refractivity contribution in [3.05, 3.63) is 41.6 Å². The van der Waals surface area contributed by atoms with Gasteiger partial charge in [-0.25, -0.2) is 9.78 Å². The number of likely N-dealkylation sites (tertiary alicyclic amines) is 1. The molecule has 1 saturated heterocycles. The number of rotatable bonds is 3. The highest BCUT2D eigenvalue weighted by atomic mass is 16.5. The van der Waals surface area contributed by atoms with Gasteiger partial charge in [-0.15, -0.1) is 0 Å². The molecule has 1 aliphatic carbocycles. The zero-order valence-electron chi connectivity index (χ0n) is 17.3. The third kappa shape index (κ3) is 3.99. The zero-order valence-corrected chi connectivity index (χ0v) is 17.3. The van der Waals surface area contributed by atoms with Crippen LogP contribution in [0.4, 0.5) is 16.3 Å². The maximum atomic E-state index is 12.8. The highest BCUT2D eigenvalue weighted by molar-refractivity contribution is 5.95. The zero-order chi connectivity index (χ0) is 21.4. The highest BCUT2D eigenvalue weighted by Crippen LogP contribution is 2.35. The first-order valence-corrected chi connectivity index (χ1v) is 10.9. The molecule has 0 bridgehead atoms. The summed E-state index contributed by atoms with van der Waals surface area (Å²) in [5.41, 5.74) is 1.39. The van der Waals surface area contributed by atoms with E-state index < -0.39 is 0 Å². The number of hydrogen-bond donors (Lipinski definition) is 2. The number of hydrogen-bond acceptors (Lipinski definition) is 6. The number of amides is 2. The fraction of sp³-hybridized carbons (Fsp3) is 0.455. The number of anilines is 2. The minimum atomic E-state index is -0.277. The Hall–Kier alpha value is -3.36. The molecule has 1 saturated carbocycles. The van der Waals surface area contributed by atoms with E-state index in [1.54, 1.807) is 30.6 Å². The molecular formula is C22H26N6O3. The molecule has 2 aromatic rings. The summed E-state index contributed by atoms with van der Waals surface area (Å²) in [7, 11) is 0. The van der Waals surface area contributed by atoms with Gasteiger partial charge in [0.1, 0.15) is 12.1 Å². The van der Waals surface area contributed by atoms with Crippen molar-refractivity contribution in [1.29, 1.82) is 5.41 Å². The van der Waals surface area contributed by atoms with Crippen LogP contribution in [0, 0.1) is 5.41 Å². The van der Waals surface area contributed by atoms with Gasteiger partial charge in [-0.2, -0.15) is 0 Å². The lowest BCUT2D eigenvalue weighted by molar-refractivity contribution is 0.0723. The van der Waals surface area contributed by atoms with Crippen LogP contribution < -0.4 is 20.4 Å². The molecule has 9 nitrogen and oxygen atoms in total. The molecular weight excluding hydrogens is 396 g/mol. The van der Waals surface area contributed by atoms with E-state index in [0.29, 0.717) is 30.3 Å². The third-order valence-electron chi connectivity index (χ3n) is 5.93. The Morgan fingerprint density at radius 2 is 1.94 bits per heavy atom. The van der Waals surface area contributed by atoms with E-state index in [0.717, 1.165) is 44.5 Å².